The Morgan fingerprint density at radius 1 is 1.50 bits per heavy atom. The van der Waals surface area contributed by atoms with Gasteiger partial charge in [-0.25, -0.2) is 0 Å². The summed E-state index contributed by atoms with van der Waals surface area (Å²) in [4.78, 5) is 13.8. The van der Waals surface area contributed by atoms with Crippen LogP contribution in [-0.2, 0) is 9.53 Å². The van der Waals surface area contributed by atoms with Crippen LogP contribution in [0.2, 0.25) is 0 Å². The van der Waals surface area contributed by atoms with Crippen LogP contribution in [0.1, 0.15) is 33.1 Å². The van der Waals surface area contributed by atoms with E-state index in [2.05, 4.69) is 5.32 Å². The van der Waals surface area contributed by atoms with E-state index in [1.165, 1.54) is 0 Å². The molecule has 92 valence electrons. The summed E-state index contributed by atoms with van der Waals surface area (Å²) in [6.45, 7) is 7.55. The molecule has 16 heavy (non-hydrogen) atoms. The highest BCUT2D eigenvalue weighted by Gasteiger charge is 2.42. The third-order valence-electron chi connectivity index (χ3n) is 3.69. The smallest absolute Gasteiger partial charge is 0.251 e. The first-order valence-electron chi connectivity index (χ1n) is 6.34. The third-order valence-corrected chi connectivity index (χ3v) is 3.69. The highest BCUT2D eigenvalue weighted by molar-refractivity contribution is 5.81. The van der Waals surface area contributed by atoms with E-state index in [0.717, 1.165) is 45.4 Å². The topological polar surface area (TPSA) is 41.6 Å². The van der Waals surface area contributed by atoms with Crippen molar-refractivity contribution in [2.45, 2.75) is 44.8 Å². The van der Waals surface area contributed by atoms with Gasteiger partial charge >= 0.3 is 0 Å². The number of rotatable bonds is 1. The van der Waals surface area contributed by atoms with Crippen LogP contribution in [0.3, 0.4) is 0 Å². The minimum absolute atomic E-state index is 0.0904. The summed E-state index contributed by atoms with van der Waals surface area (Å²) in [7, 11) is 0. The summed E-state index contributed by atoms with van der Waals surface area (Å²) >= 11 is 0. The fourth-order valence-electron chi connectivity index (χ4n) is 2.79. The molecule has 0 aliphatic carbocycles. The van der Waals surface area contributed by atoms with Crippen LogP contribution < -0.4 is 5.32 Å². The summed E-state index contributed by atoms with van der Waals surface area (Å²) in [6, 6.07) is 0. The maximum absolute atomic E-state index is 11.9. The number of amides is 1. The van der Waals surface area contributed by atoms with Crippen LogP contribution in [0.4, 0.5) is 0 Å². The highest BCUT2D eigenvalue weighted by Crippen LogP contribution is 2.31. The molecule has 1 amide bonds. The average Bonchev–Trinajstić information content (AvgIpc) is 2.50. The molecule has 0 aromatic carbocycles. The van der Waals surface area contributed by atoms with Gasteiger partial charge in [-0.3, -0.25) is 4.79 Å². The largest absolute Gasteiger partial charge is 0.360 e. The van der Waals surface area contributed by atoms with Gasteiger partial charge in [0.2, 0.25) is 0 Å². The molecule has 2 heterocycles. The number of carbonyl (C=O) groups is 1. The van der Waals surface area contributed by atoms with Crippen LogP contribution in [-0.4, -0.2) is 48.7 Å². The molecule has 0 unspecified atom stereocenters. The molecule has 0 radical (unpaired) electrons. The maximum atomic E-state index is 11.9. The molecule has 4 nitrogen and oxygen atoms in total. The lowest BCUT2D eigenvalue weighted by Crippen LogP contribution is -2.58. The van der Waals surface area contributed by atoms with Gasteiger partial charge in [0, 0.05) is 13.1 Å². The molecule has 2 saturated heterocycles. The molecule has 2 aliphatic heterocycles. The summed E-state index contributed by atoms with van der Waals surface area (Å²) in [5.41, 5.74) is -0.0904. The second kappa shape index (κ2) is 4.72. The molecule has 2 aliphatic rings. The molecule has 2 fully saturated rings. The number of hydrogen-bond donors (Lipinski definition) is 1. The maximum Gasteiger partial charge on any atom is 0.251 e. The molecule has 1 spiro atoms. The van der Waals surface area contributed by atoms with Crippen molar-refractivity contribution in [1.29, 1.82) is 0 Å². The Bertz CT molecular complexity index is 260. The van der Waals surface area contributed by atoms with Crippen molar-refractivity contribution in [3.63, 3.8) is 0 Å². The van der Waals surface area contributed by atoms with E-state index >= 15 is 0 Å². The average molecular weight is 226 g/mol. The van der Waals surface area contributed by atoms with Crippen molar-refractivity contribution in [2.75, 3.05) is 26.2 Å². The molecule has 0 bridgehead atoms. The van der Waals surface area contributed by atoms with E-state index in [1.807, 2.05) is 18.7 Å². The van der Waals surface area contributed by atoms with Crippen LogP contribution in [0.25, 0.3) is 0 Å². The van der Waals surface area contributed by atoms with Gasteiger partial charge in [-0.05, 0) is 46.2 Å². The van der Waals surface area contributed by atoms with Gasteiger partial charge < -0.3 is 15.0 Å². The Labute approximate surface area is 97.3 Å². The van der Waals surface area contributed by atoms with E-state index in [0.29, 0.717) is 0 Å². The second-order valence-corrected chi connectivity index (χ2v) is 4.90. The Balaban J connectivity index is 2.11. The first kappa shape index (κ1) is 11.9. The lowest BCUT2D eigenvalue weighted by molar-refractivity contribution is -0.182. The van der Waals surface area contributed by atoms with Gasteiger partial charge in [-0.15, -0.1) is 0 Å². The Hall–Kier alpha value is -0.610. The van der Waals surface area contributed by atoms with E-state index in [1.54, 1.807) is 0 Å². The summed E-state index contributed by atoms with van der Waals surface area (Å²) in [5, 5.41) is 3.39. The third kappa shape index (κ3) is 2.23. The van der Waals surface area contributed by atoms with Crippen molar-refractivity contribution in [2.24, 2.45) is 0 Å². The summed E-state index contributed by atoms with van der Waals surface area (Å²) < 4.78 is 6.01. The van der Waals surface area contributed by atoms with Crippen LogP contribution in [0.5, 0.6) is 0 Å². The van der Waals surface area contributed by atoms with Crippen LogP contribution >= 0.6 is 0 Å². The summed E-state index contributed by atoms with van der Waals surface area (Å²) in [6.07, 6.45) is 2.94. The van der Waals surface area contributed by atoms with E-state index in [-0.39, 0.29) is 17.6 Å². The number of morpholine rings is 1. The van der Waals surface area contributed by atoms with Gasteiger partial charge in [-0.2, -0.15) is 0 Å². The predicted molar refractivity (Wildman–Crippen MR) is 62.3 cm³/mol. The quantitative estimate of drug-likeness (QED) is 0.718. The minimum Gasteiger partial charge on any atom is -0.360 e. The molecule has 1 N–H and O–H groups in total. The first-order valence-corrected chi connectivity index (χ1v) is 6.34. The van der Waals surface area contributed by atoms with Gasteiger partial charge in [0.05, 0.1) is 5.60 Å². The van der Waals surface area contributed by atoms with Gasteiger partial charge in [-0.1, -0.05) is 0 Å². The molecule has 2 atom stereocenters. The normalized spacial score (nSPS) is 36.5. The first-order chi connectivity index (χ1) is 7.67. The number of ether oxygens (including phenoxy) is 1. The second-order valence-electron chi connectivity index (χ2n) is 4.90. The molecular weight excluding hydrogens is 204 g/mol. The Kier molecular flexibility index (Phi) is 3.50. The number of nitrogens with one attached hydrogen (secondary N) is 1. The lowest BCUT2D eigenvalue weighted by Gasteiger charge is -2.44. The van der Waals surface area contributed by atoms with Crippen molar-refractivity contribution in [3.8, 4) is 0 Å². The number of likely N-dealkylation sites (N-methyl/N-ethyl adjacent to an activating group) is 1. The fourth-order valence-corrected chi connectivity index (χ4v) is 2.79. The number of hydrogen-bond acceptors (Lipinski definition) is 3. The van der Waals surface area contributed by atoms with Crippen molar-refractivity contribution >= 4 is 5.91 Å². The van der Waals surface area contributed by atoms with Gasteiger partial charge in [0.25, 0.3) is 5.91 Å². The molecular formula is C12H22N2O2. The van der Waals surface area contributed by atoms with Crippen molar-refractivity contribution in [1.82, 2.24) is 10.2 Å². The van der Waals surface area contributed by atoms with E-state index < -0.39 is 0 Å². The molecule has 0 aromatic heterocycles. The number of carbonyl (C=O) groups excluding carboxylic acids is 1. The van der Waals surface area contributed by atoms with Gasteiger partial charge in [0.15, 0.2) is 0 Å². The molecule has 0 aromatic rings. The van der Waals surface area contributed by atoms with Crippen molar-refractivity contribution in [3.05, 3.63) is 0 Å². The SMILES string of the molecule is CCN1C[C@@]2(CCCNCC2)O[C@@H](C)C1=O. The monoisotopic (exact) mass is 226 g/mol. The van der Waals surface area contributed by atoms with E-state index in [9.17, 15) is 4.79 Å². The standard InChI is InChI=1S/C12H22N2O2/c1-3-14-9-12(16-10(2)11(14)15)5-4-7-13-8-6-12/h10,13H,3-9H2,1-2H3/t10-,12-/m0/s1. The Morgan fingerprint density at radius 2 is 2.31 bits per heavy atom. The summed E-state index contributed by atoms with van der Waals surface area (Å²) in [5.74, 6) is 0.144. The van der Waals surface area contributed by atoms with Crippen LogP contribution in [0.15, 0.2) is 0 Å². The fraction of sp³-hybridized carbons (Fsp3) is 0.917. The predicted octanol–water partition coefficient (Wildman–Crippen LogP) is 0.766. The highest BCUT2D eigenvalue weighted by atomic mass is 16.5. The Morgan fingerprint density at radius 3 is 3.06 bits per heavy atom. The molecule has 4 heteroatoms. The molecule has 0 saturated carbocycles. The van der Waals surface area contributed by atoms with Crippen molar-refractivity contribution < 1.29 is 9.53 Å². The zero-order valence-corrected chi connectivity index (χ0v) is 10.3. The lowest BCUT2D eigenvalue weighted by atomic mass is 9.91. The van der Waals surface area contributed by atoms with Gasteiger partial charge in [0.1, 0.15) is 6.10 Å². The van der Waals surface area contributed by atoms with E-state index in [4.69, 9.17) is 4.74 Å². The molecule has 2 rings (SSSR count). The number of nitrogens with zero attached hydrogens (tertiary/aromatic N) is 1. The zero-order chi connectivity index (χ0) is 11.6. The minimum atomic E-state index is -0.271. The zero-order valence-electron chi connectivity index (χ0n) is 10.3. The van der Waals surface area contributed by atoms with Crippen LogP contribution in [0, 0.1) is 0 Å².